The van der Waals surface area contributed by atoms with Crippen molar-refractivity contribution < 1.29 is 19.1 Å². The molecule has 0 aliphatic rings. The highest BCUT2D eigenvalue weighted by atomic mass is 79.9. The van der Waals surface area contributed by atoms with E-state index in [0.29, 0.717) is 22.0 Å². The summed E-state index contributed by atoms with van der Waals surface area (Å²) in [7, 11) is 3.81. The van der Waals surface area contributed by atoms with Crippen LogP contribution in [-0.2, 0) is 11.3 Å². The number of phenolic OH excluding ortho intramolecular Hbond substituents is 1. The normalized spacial score (nSPS) is 11.2. The van der Waals surface area contributed by atoms with E-state index in [1.165, 1.54) is 0 Å². The number of carbonyl (C=O) groups is 1. The number of rotatable bonds is 4. The van der Waals surface area contributed by atoms with Gasteiger partial charge in [-0.3, -0.25) is 0 Å². The number of phenols is 1. The molecule has 0 saturated heterocycles. The molecular weight excluding hydrogens is 326 g/mol. The lowest BCUT2D eigenvalue weighted by molar-refractivity contribution is 0.0492. The van der Waals surface area contributed by atoms with Gasteiger partial charge in [-0.05, 0) is 43.0 Å². The van der Waals surface area contributed by atoms with E-state index in [9.17, 15) is 9.90 Å². The average Bonchev–Trinajstić information content (AvgIpc) is 2.79. The summed E-state index contributed by atoms with van der Waals surface area (Å²) in [6, 6.07) is 3.30. The van der Waals surface area contributed by atoms with Gasteiger partial charge in [0.15, 0.2) is 0 Å². The molecule has 2 aromatic rings. The molecule has 0 atom stereocenters. The summed E-state index contributed by atoms with van der Waals surface area (Å²) in [4.78, 5) is 13.6. The van der Waals surface area contributed by atoms with E-state index in [1.54, 1.807) is 19.1 Å². The number of hydrogen-bond donors (Lipinski definition) is 1. The smallest absolute Gasteiger partial charge is 0.374 e. The Balaban J connectivity index is 2.51. The predicted octanol–water partition coefficient (Wildman–Crippen LogP) is 3.14. The van der Waals surface area contributed by atoms with Crippen LogP contribution in [0.5, 0.6) is 5.75 Å². The quantitative estimate of drug-likeness (QED) is 0.865. The largest absolute Gasteiger partial charge is 0.506 e. The molecule has 2 rings (SSSR count). The van der Waals surface area contributed by atoms with Crippen molar-refractivity contribution >= 4 is 32.9 Å². The molecule has 5 nitrogen and oxygen atoms in total. The number of aromatic hydroxyl groups is 1. The van der Waals surface area contributed by atoms with E-state index in [2.05, 4.69) is 15.9 Å². The van der Waals surface area contributed by atoms with Crippen LogP contribution in [0.15, 0.2) is 21.0 Å². The molecule has 1 aromatic carbocycles. The lowest BCUT2D eigenvalue weighted by Gasteiger charge is -2.12. The van der Waals surface area contributed by atoms with Crippen molar-refractivity contribution in [2.24, 2.45) is 0 Å². The second-order valence-electron chi connectivity index (χ2n) is 4.68. The molecule has 0 bridgehead atoms. The summed E-state index contributed by atoms with van der Waals surface area (Å²) in [5.74, 6) is -0.226. The topological polar surface area (TPSA) is 62.9 Å². The third-order valence-electron chi connectivity index (χ3n) is 2.78. The number of fused-ring (bicyclic) bond motifs is 1. The van der Waals surface area contributed by atoms with E-state index < -0.39 is 5.97 Å². The van der Waals surface area contributed by atoms with E-state index in [0.717, 1.165) is 5.56 Å². The standard InChI is InChI=1S/C14H16BrNO4/c1-4-19-14(18)11-6-9-10(20-11)5-8(7-16(2)3)13(17)12(9)15/h5-6,17H,4,7H2,1-3H3. The average molecular weight is 342 g/mol. The highest BCUT2D eigenvalue weighted by molar-refractivity contribution is 9.10. The maximum atomic E-state index is 11.7. The molecule has 20 heavy (non-hydrogen) atoms. The Kier molecular flexibility index (Phi) is 4.35. The SMILES string of the molecule is CCOC(=O)c1cc2c(Br)c(O)c(CN(C)C)cc2o1. The predicted molar refractivity (Wildman–Crippen MR) is 78.9 cm³/mol. The lowest BCUT2D eigenvalue weighted by atomic mass is 10.1. The van der Waals surface area contributed by atoms with Crippen molar-refractivity contribution in [3.05, 3.63) is 27.9 Å². The molecule has 0 spiro atoms. The molecule has 6 heteroatoms. The summed E-state index contributed by atoms with van der Waals surface area (Å²) >= 11 is 3.34. The monoisotopic (exact) mass is 341 g/mol. The van der Waals surface area contributed by atoms with Gasteiger partial charge >= 0.3 is 5.97 Å². The Morgan fingerprint density at radius 3 is 2.75 bits per heavy atom. The molecule has 108 valence electrons. The second kappa shape index (κ2) is 5.85. The zero-order valence-electron chi connectivity index (χ0n) is 11.6. The molecule has 1 aromatic heterocycles. The Labute approximate surface area is 125 Å². The first kappa shape index (κ1) is 14.9. The number of halogens is 1. The summed E-state index contributed by atoms with van der Waals surface area (Å²) in [6.07, 6.45) is 0. The zero-order valence-corrected chi connectivity index (χ0v) is 13.2. The van der Waals surface area contributed by atoms with Crippen LogP contribution in [0.25, 0.3) is 11.0 Å². The first-order chi connectivity index (χ1) is 9.43. The maximum absolute atomic E-state index is 11.7. The van der Waals surface area contributed by atoms with Gasteiger partial charge < -0.3 is 19.2 Å². The van der Waals surface area contributed by atoms with Gasteiger partial charge in [0.25, 0.3) is 0 Å². The van der Waals surface area contributed by atoms with Crippen LogP contribution in [0.2, 0.25) is 0 Å². The summed E-state index contributed by atoms with van der Waals surface area (Å²) < 4.78 is 10.9. The van der Waals surface area contributed by atoms with Crippen LogP contribution >= 0.6 is 15.9 Å². The molecule has 0 fully saturated rings. The van der Waals surface area contributed by atoms with Gasteiger partial charge in [-0.25, -0.2) is 4.79 Å². The van der Waals surface area contributed by atoms with Crippen LogP contribution in [0.3, 0.4) is 0 Å². The zero-order chi connectivity index (χ0) is 14.9. The Bertz CT molecular complexity index is 648. The van der Waals surface area contributed by atoms with Gasteiger partial charge in [-0.15, -0.1) is 0 Å². The Hall–Kier alpha value is -1.53. The number of hydrogen-bond acceptors (Lipinski definition) is 5. The molecule has 0 radical (unpaired) electrons. The summed E-state index contributed by atoms with van der Waals surface area (Å²) in [5, 5.41) is 10.8. The minimum atomic E-state index is -0.510. The van der Waals surface area contributed by atoms with Crippen LogP contribution in [0, 0.1) is 0 Å². The van der Waals surface area contributed by atoms with Crippen LogP contribution in [-0.4, -0.2) is 36.7 Å². The lowest BCUT2D eigenvalue weighted by Crippen LogP contribution is -2.10. The summed E-state index contributed by atoms with van der Waals surface area (Å²) in [6.45, 7) is 2.58. The van der Waals surface area contributed by atoms with Crippen molar-refractivity contribution in [2.45, 2.75) is 13.5 Å². The number of nitrogens with zero attached hydrogens (tertiary/aromatic N) is 1. The fraction of sp³-hybridized carbons (Fsp3) is 0.357. The first-order valence-electron chi connectivity index (χ1n) is 6.19. The van der Waals surface area contributed by atoms with E-state index in [1.807, 2.05) is 19.0 Å². The van der Waals surface area contributed by atoms with Gasteiger partial charge in [0, 0.05) is 23.6 Å². The number of carbonyl (C=O) groups excluding carboxylic acids is 1. The Morgan fingerprint density at radius 2 is 2.15 bits per heavy atom. The van der Waals surface area contributed by atoms with Crippen LogP contribution in [0.4, 0.5) is 0 Å². The molecule has 0 aliphatic heterocycles. The van der Waals surface area contributed by atoms with Crippen LogP contribution in [0.1, 0.15) is 23.0 Å². The number of benzene rings is 1. The van der Waals surface area contributed by atoms with Crippen molar-refractivity contribution in [3.63, 3.8) is 0 Å². The fourth-order valence-corrected chi connectivity index (χ4v) is 2.51. The van der Waals surface area contributed by atoms with Gasteiger partial charge in [0.1, 0.15) is 11.3 Å². The first-order valence-corrected chi connectivity index (χ1v) is 6.99. The van der Waals surface area contributed by atoms with Gasteiger partial charge in [-0.1, -0.05) is 0 Å². The molecule has 1 N–H and O–H groups in total. The minimum absolute atomic E-state index is 0.129. The number of esters is 1. The van der Waals surface area contributed by atoms with Crippen molar-refractivity contribution in [3.8, 4) is 5.75 Å². The molecular formula is C14H16BrNO4. The molecule has 0 aliphatic carbocycles. The van der Waals surface area contributed by atoms with Crippen molar-refractivity contribution in [1.82, 2.24) is 4.90 Å². The van der Waals surface area contributed by atoms with E-state index >= 15 is 0 Å². The Morgan fingerprint density at radius 1 is 1.45 bits per heavy atom. The van der Waals surface area contributed by atoms with Crippen molar-refractivity contribution in [2.75, 3.05) is 20.7 Å². The maximum Gasteiger partial charge on any atom is 0.374 e. The second-order valence-corrected chi connectivity index (χ2v) is 5.47. The highest BCUT2D eigenvalue weighted by Crippen LogP contribution is 2.37. The number of ether oxygens (including phenoxy) is 1. The van der Waals surface area contributed by atoms with E-state index in [-0.39, 0.29) is 18.1 Å². The highest BCUT2D eigenvalue weighted by Gasteiger charge is 2.19. The third-order valence-corrected chi connectivity index (χ3v) is 3.58. The van der Waals surface area contributed by atoms with E-state index in [4.69, 9.17) is 9.15 Å². The molecule has 0 unspecified atom stereocenters. The minimum Gasteiger partial charge on any atom is -0.506 e. The fourth-order valence-electron chi connectivity index (χ4n) is 1.94. The van der Waals surface area contributed by atoms with Crippen molar-refractivity contribution in [1.29, 1.82) is 0 Å². The molecule has 1 heterocycles. The van der Waals surface area contributed by atoms with Gasteiger partial charge in [0.2, 0.25) is 5.76 Å². The summed E-state index contributed by atoms with van der Waals surface area (Å²) in [5.41, 5.74) is 1.26. The van der Waals surface area contributed by atoms with Gasteiger partial charge in [-0.2, -0.15) is 0 Å². The van der Waals surface area contributed by atoms with Gasteiger partial charge in [0.05, 0.1) is 11.1 Å². The third kappa shape index (κ3) is 2.81. The molecule has 0 amide bonds. The van der Waals surface area contributed by atoms with Crippen LogP contribution < -0.4 is 0 Å². The number of furan rings is 1. The molecule has 0 saturated carbocycles.